The fraction of sp³-hybridized carbons (Fsp3) is 0.278. The largest absolute Gasteiger partial charge is 0.327 e. The van der Waals surface area contributed by atoms with Gasteiger partial charge in [-0.15, -0.1) is 12.4 Å². The van der Waals surface area contributed by atoms with Crippen LogP contribution in [-0.2, 0) is 14.8 Å². The Morgan fingerprint density at radius 3 is 1.96 bits per heavy atom. The van der Waals surface area contributed by atoms with Gasteiger partial charge >= 0.3 is 0 Å². The van der Waals surface area contributed by atoms with Crippen LogP contribution >= 0.6 is 12.4 Å². The lowest BCUT2D eigenvalue weighted by atomic mass is 10.0. The van der Waals surface area contributed by atoms with Crippen molar-refractivity contribution in [1.82, 2.24) is 0 Å². The van der Waals surface area contributed by atoms with Gasteiger partial charge in [-0.3, -0.25) is 9.52 Å². The molecule has 26 heavy (non-hydrogen) atoms. The van der Waals surface area contributed by atoms with Crippen molar-refractivity contribution in [1.29, 1.82) is 0 Å². The fourth-order valence-corrected chi connectivity index (χ4v) is 3.11. The second-order valence-corrected chi connectivity index (χ2v) is 7.82. The molecule has 0 heterocycles. The van der Waals surface area contributed by atoms with Gasteiger partial charge in [0, 0.05) is 17.4 Å². The number of nitrogens with two attached hydrogens (primary N) is 1. The number of anilines is 2. The number of carbonyl (C=O) groups excluding carboxylic acids is 1. The zero-order valence-electron chi connectivity index (χ0n) is 14.9. The van der Waals surface area contributed by atoms with Crippen molar-refractivity contribution < 1.29 is 13.2 Å². The maximum atomic E-state index is 12.3. The second-order valence-electron chi connectivity index (χ2n) is 6.13. The third kappa shape index (κ3) is 5.72. The van der Waals surface area contributed by atoms with Crippen LogP contribution < -0.4 is 15.8 Å². The van der Waals surface area contributed by atoms with E-state index in [0.717, 1.165) is 5.56 Å². The fourth-order valence-electron chi connectivity index (χ4n) is 2.05. The summed E-state index contributed by atoms with van der Waals surface area (Å²) in [6.07, 6.45) is 0. The van der Waals surface area contributed by atoms with Gasteiger partial charge in [0.05, 0.1) is 10.8 Å². The minimum absolute atomic E-state index is 0. The van der Waals surface area contributed by atoms with Crippen LogP contribution in [-0.4, -0.2) is 20.4 Å². The van der Waals surface area contributed by atoms with E-state index in [1.165, 1.54) is 0 Å². The summed E-state index contributed by atoms with van der Waals surface area (Å²) in [5.41, 5.74) is 7.69. The Morgan fingerprint density at radius 1 is 0.962 bits per heavy atom. The minimum atomic E-state index is -3.64. The van der Waals surface area contributed by atoms with Crippen molar-refractivity contribution in [2.45, 2.75) is 31.7 Å². The Labute approximate surface area is 160 Å². The standard InChI is InChI=1S/C18H23N3O3S.ClH/c1-12-4-10-17(11-5-12)25(23,24)21-16-8-6-15(7-9-16)20-18(22)13(2)14(3)19;/h4-11,13-14,21H,19H2,1-3H3,(H,20,22);1H. The molecular formula is C18H24ClN3O3S. The molecule has 0 fully saturated rings. The number of hydrogen-bond acceptors (Lipinski definition) is 4. The summed E-state index contributed by atoms with van der Waals surface area (Å²) in [6.45, 7) is 5.42. The topological polar surface area (TPSA) is 101 Å². The monoisotopic (exact) mass is 397 g/mol. The number of aryl methyl sites for hydroxylation is 1. The molecule has 0 spiro atoms. The predicted molar refractivity (Wildman–Crippen MR) is 107 cm³/mol. The Hall–Kier alpha value is -2.09. The number of halogens is 1. The SMILES string of the molecule is Cc1ccc(S(=O)(=O)Nc2ccc(NC(=O)C(C)C(C)N)cc2)cc1.Cl. The minimum Gasteiger partial charge on any atom is -0.327 e. The Balaban J connectivity index is 0.00000338. The van der Waals surface area contributed by atoms with Gasteiger partial charge in [0.25, 0.3) is 10.0 Å². The van der Waals surface area contributed by atoms with Gasteiger partial charge in [-0.05, 0) is 50.2 Å². The van der Waals surface area contributed by atoms with Gasteiger partial charge in [0.15, 0.2) is 0 Å². The molecule has 0 aliphatic carbocycles. The van der Waals surface area contributed by atoms with Gasteiger partial charge in [-0.2, -0.15) is 0 Å². The molecule has 2 aromatic rings. The zero-order valence-corrected chi connectivity index (χ0v) is 16.5. The summed E-state index contributed by atoms with van der Waals surface area (Å²) in [5, 5.41) is 2.75. The summed E-state index contributed by atoms with van der Waals surface area (Å²) in [5.74, 6) is -0.497. The molecule has 0 aliphatic heterocycles. The lowest BCUT2D eigenvalue weighted by molar-refractivity contribution is -0.119. The van der Waals surface area contributed by atoms with E-state index >= 15 is 0 Å². The molecule has 0 bridgehead atoms. The molecule has 142 valence electrons. The number of amides is 1. The number of nitrogens with one attached hydrogen (secondary N) is 2. The molecule has 8 heteroatoms. The first kappa shape index (κ1) is 22.0. The van der Waals surface area contributed by atoms with Crippen molar-refractivity contribution >= 4 is 39.7 Å². The van der Waals surface area contributed by atoms with Crippen molar-refractivity contribution in [2.75, 3.05) is 10.0 Å². The van der Waals surface area contributed by atoms with Crippen molar-refractivity contribution in [3.8, 4) is 0 Å². The molecule has 0 radical (unpaired) electrons. The molecule has 0 aliphatic rings. The summed E-state index contributed by atoms with van der Waals surface area (Å²) < 4.78 is 27.2. The average Bonchev–Trinajstić information content (AvgIpc) is 2.56. The number of rotatable bonds is 6. The van der Waals surface area contributed by atoms with Crippen molar-refractivity contribution in [3.63, 3.8) is 0 Å². The van der Waals surface area contributed by atoms with Crippen LogP contribution in [0.2, 0.25) is 0 Å². The predicted octanol–water partition coefficient (Wildman–Crippen LogP) is 3.14. The van der Waals surface area contributed by atoms with Crippen molar-refractivity contribution in [3.05, 3.63) is 54.1 Å². The van der Waals surface area contributed by atoms with E-state index in [-0.39, 0.29) is 35.2 Å². The van der Waals surface area contributed by atoms with Crippen LogP contribution in [0.1, 0.15) is 19.4 Å². The van der Waals surface area contributed by atoms with Crippen LogP contribution in [0.5, 0.6) is 0 Å². The van der Waals surface area contributed by atoms with Gasteiger partial charge in [0.1, 0.15) is 0 Å². The lowest BCUT2D eigenvalue weighted by Gasteiger charge is -2.15. The van der Waals surface area contributed by atoms with Gasteiger partial charge in [0.2, 0.25) is 5.91 Å². The molecule has 0 saturated carbocycles. The molecule has 2 aromatic carbocycles. The van der Waals surface area contributed by atoms with Crippen LogP contribution in [0.3, 0.4) is 0 Å². The van der Waals surface area contributed by atoms with E-state index in [1.807, 2.05) is 6.92 Å². The third-order valence-electron chi connectivity index (χ3n) is 3.94. The molecule has 2 atom stereocenters. The highest BCUT2D eigenvalue weighted by atomic mass is 35.5. The Kier molecular flexibility index (Phi) is 7.62. The van der Waals surface area contributed by atoms with E-state index in [2.05, 4.69) is 10.0 Å². The summed E-state index contributed by atoms with van der Waals surface area (Å²) in [6, 6.07) is 12.8. The molecule has 1 amide bonds. The highest BCUT2D eigenvalue weighted by molar-refractivity contribution is 7.92. The Morgan fingerprint density at radius 2 is 1.46 bits per heavy atom. The van der Waals surface area contributed by atoms with E-state index < -0.39 is 10.0 Å². The van der Waals surface area contributed by atoms with E-state index in [1.54, 1.807) is 62.4 Å². The molecular weight excluding hydrogens is 374 g/mol. The van der Waals surface area contributed by atoms with E-state index in [9.17, 15) is 13.2 Å². The zero-order chi connectivity index (χ0) is 18.6. The molecule has 2 unspecified atom stereocenters. The maximum Gasteiger partial charge on any atom is 0.261 e. The maximum absolute atomic E-state index is 12.3. The van der Waals surface area contributed by atoms with Crippen LogP contribution in [0.25, 0.3) is 0 Å². The summed E-state index contributed by atoms with van der Waals surface area (Å²) in [7, 11) is -3.64. The number of hydrogen-bond donors (Lipinski definition) is 3. The summed E-state index contributed by atoms with van der Waals surface area (Å²) >= 11 is 0. The molecule has 2 rings (SSSR count). The first-order chi connectivity index (χ1) is 11.7. The number of benzene rings is 2. The van der Waals surface area contributed by atoms with Crippen LogP contribution in [0.4, 0.5) is 11.4 Å². The first-order valence-electron chi connectivity index (χ1n) is 7.95. The van der Waals surface area contributed by atoms with Gasteiger partial charge in [-0.25, -0.2) is 8.42 Å². The van der Waals surface area contributed by atoms with Gasteiger partial charge < -0.3 is 11.1 Å². The quantitative estimate of drug-likeness (QED) is 0.696. The summed E-state index contributed by atoms with van der Waals surface area (Å²) in [4.78, 5) is 12.2. The average molecular weight is 398 g/mol. The first-order valence-corrected chi connectivity index (χ1v) is 9.43. The highest BCUT2D eigenvalue weighted by Gasteiger charge is 2.17. The van der Waals surface area contributed by atoms with E-state index in [0.29, 0.717) is 11.4 Å². The van der Waals surface area contributed by atoms with Crippen LogP contribution in [0.15, 0.2) is 53.4 Å². The number of carbonyl (C=O) groups is 1. The molecule has 4 N–H and O–H groups in total. The lowest BCUT2D eigenvalue weighted by Crippen LogP contribution is -2.34. The van der Waals surface area contributed by atoms with Crippen LogP contribution in [0, 0.1) is 12.8 Å². The molecule has 0 aromatic heterocycles. The second kappa shape index (κ2) is 9.02. The third-order valence-corrected chi connectivity index (χ3v) is 5.34. The number of sulfonamides is 1. The highest BCUT2D eigenvalue weighted by Crippen LogP contribution is 2.19. The van der Waals surface area contributed by atoms with Gasteiger partial charge in [-0.1, -0.05) is 24.6 Å². The smallest absolute Gasteiger partial charge is 0.261 e. The van der Waals surface area contributed by atoms with E-state index in [4.69, 9.17) is 5.73 Å². The molecule has 0 saturated heterocycles. The Bertz CT molecular complexity index is 835. The normalized spacial score (nSPS) is 13.2. The van der Waals surface area contributed by atoms with Crippen molar-refractivity contribution in [2.24, 2.45) is 11.7 Å². The molecule has 6 nitrogen and oxygen atoms in total.